The van der Waals surface area contributed by atoms with Gasteiger partial charge >= 0.3 is 0 Å². The molecule has 0 spiro atoms. The molecular formula is C15H16F3NO2. The monoisotopic (exact) mass is 299 g/mol. The predicted octanol–water partition coefficient (Wildman–Crippen LogP) is 3.30. The molecule has 1 aromatic heterocycles. The van der Waals surface area contributed by atoms with E-state index in [-0.39, 0.29) is 18.2 Å². The van der Waals surface area contributed by atoms with Gasteiger partial charge in [0.05, 0.1) is 6.26 Å². The van der Waals surface area contributed by atoms with E-state index in [4.69, 9.17) is 4.42 Å². The molecule has 2 aromatic rings. The van der Waals surface area contributed by atoms with Gasteiger partial charge in [0.1, 0.15) is 17.7 Å². The van der Waals surface area contributed by atoms with Crippen LogP contribution in [-0.2, 0) is 6.54 Å². The second-order valence-corrected chi connectivity index (χ2v) is 4.91. The molecule has 0 fully saturated rings. The van der Waals surface area contributed by atoms with E-state index in [2.05, 4.69) is 5.32 Å². The van der Waals surface area contributed by atoms with Crippen molar-refractivity contribution < 1.29 is 22.7 Å². The van der Waals surface area contributed by atoms with Crippen molar-refractivity contribution in [3.8, 4) is 0 Å². The molecule has 2 N–H and O–H groups in total. The molecule has 0 aliphatic carbocycles. The number of aliphatic hydroxyl groups excluding tert-OH is 1. The van der Waals surface area contributed by atoms with Crippen LogP contribution >= 0.6 is 0 Å². The van der Waals surface area contributed by atoms with Crippen LogP contribution in [0.1, 0.15) is 30.8 Å². The number of hydrogen-bond acceptors (Lipinski definition) is 3. The van der Waals surface area contributed by atoms with E-state index in [1.165, 1.54) is 6.26 Å². The lowest BCUT2D eigenvalue weighted by molar-refractivity contribution is 0.128. The van der Waals surface area contributed by atoms with Crippen molar-refractivity contribution in [3.05, 3.63) is 59.3 Å². The Morgan fingerprint density at radius 2 is 1.90 bits per heavy atom. The third-order valence-corrected chi connectivity index (χ3v) is 3.18. The third-order valence-electron chi connectivity index (χ3n) is 3.18. The van der Waals surface area contributed by atoms with Gasteiger partial charge < -0.3 is 14.8 Å². The van der Waals surface area contributed by atoms with Gasteiger partial charge in [-0.2, -0.15) is 0 Å². The highest BCUT2D eigenvalue weighted by molar-refractivity contribution is 5.20. The summed E-state index contributed by atoms with van der Waals surface area (Å²) < 4.78 is 44.4. The van der Waals surface area contributed by atoms with Gasteiger partial charge in [0, 0.05) is 24.2 Å². The first-order chi connectivity index (χ1) is 9.97. The van der Waals surface area contributed by atoms with Crippen LogP contribution in [0.15, 0.2) is 34.9 Å². The fourth-order valence-electron chi connectivity index (χ4n) is 2.00. The van der Waals surface area contributed by atoms with Crippen molar-refractivity contribution in [1.29, 1.82) is 0 Å². The summed E-state index contributed by atoms with van der Waals surface area (Å²) in [5.41, 5.74) is 0.0354. The highest BCUT2D eigenvalue weighted by atomic mass is 19.2. The molecule has 0 radical (unpaired) electrons. The molecule has 2 atom stereocenters. The summed E-state index contributed by atoms with van der Waals surface area (Å²) in [5, 5.41) is 12.8. The smallest absolute Gasteiger partial charge is 0.161 e. The van der Waals surface area contributed by atoms with Gasteiger partial charge in [-0.1, -0.05) is 0 Å². The Balaban J connectivity index is 1.89. The Morgan fingerprint density at radius 1 is 1.19 bits per heavy atom. The second-order valence-electron chi connectivity index (χ2n) is 4.91. The van der Waals surface area contributed by atoms with Gasteiger partial charge in [0.2, 0.25) is 0 Å². The van der Waals surface area contributed by atoms with Gasteiger partial charge in [0.25, 0.3) is 0 Å². The zero-order valence-electron chi connectivity index (χ0n) is 11.4. The van der Waals surface area contributed by atoms with Crippen molar-refractivity contribution in [1.82, 2.24) is 5.32 Å². The fraction of sp³-hybridized carbons (Fsp3) is 0.333. The minimum absolute atomic E-state index is 0.0354. The van der Waals surface area contributed by atoms with Gasteiger partial charge in [-0.15, -0.1) is 0 Å². The van der Waals surface area contributed by atoms with Crippen molar-refractivity contribution in [3.63, 3.8) is 0 Å². The highest BCUT2D eigenvalue weighted by Gasteiger charge is 2.15. The average Bonchev–Trinajstić information content (AvgIpc) is 2.95. The Kier molecular flexibility index (Phi) is 5.03. The van der Waals surface area contributed by atoms with E-state index in [0.29, 0.717) is 18.2 Å². The van der Waals surface area contributed by atoms with E-state index >= 15 is 0 Å². The Labute approximate surface area is 120 Å². The summed E-state index contributed by atoms with van der Waals surface area (Å²) in [5.74, 6) is -2.66. The zero-order valence-corrected chi connectivity index (χ0v) is 11.4. The molecule has 2 rings (SSSR count). The summed E-state index contributed by atoms with van der Waals surface area (Å²) in [6.45, 7) is 1.83. The van der Waals surface area contributed by atoms with E-state index in [1.54, 1.807) is 19.1 Å². The third kappa shape index (κ3) is 4.09. The molecule has 0 saturated carbocycles. The molecule has 0 amide bonds. The van der Waals surface area contributed by atoms with Crippen molar-refractivity contribution in [2.75, 3.05) is 0 Å². The number of nitrogens with one attached hydrogen (secondary N) is 1. The minimum atomic E-state index is -1.21. The first-order valence-corrected chi connectivity index (χ1v) is 6.55. The standard InChI is InChI=1S/C15H16F3NO2/c1-9(5-14(20)15-3-2-4-21-15)19-8-10-6-12(17)13(18)7-11(10)16/h2-4,6-7,9,14,19-20H,5,8H2,1H3. The molecule has 1 heterocycles. The SMILES string of the molecule is CC(CC(O)c1ccco1)NCc1cc(F)c(F)cc1F. The molecule has 6 heteroatoms. The largest absolute Gasteiger partial charge is 0.467 e. The minimum Gasteiger partial charge on any atom is -0.467 e. The van der Waals surface area contributed by atoms with Gasteiger partial charge in [-0.25, -0.2) is 13.2 Å². The maximum absolute atomic E-state index is 13.5. The topological polar surface area (TPSA) is 45.4 Å². The number of aliphatic hydroxyl groups is 1. The van der Waals surface area contributed by atoms with Crippen molar-refractivity contribution in [2.45, 2.75) is 32.0 Å². The Hall–Kier alpha value is -1.79. The van der Waals surface area contributed by atoms with E-state index < -0.39 is 23.6 Å². The van der Waals surface area contributed by atoms with Crippen LogP contribution in [-0.4, -0.2) is 11.1 Å². The average molecular weight is 299 g/mol. The lowest BCUT2D eigenvalue weighted by Crippen LogP contribution is -2.27. The maximum atomic E-state index is 13.5. The summed E-state index contributed by atoms with van der Waals surface area (Å²) in [4.78, 5) is 0. The van der Waals surface area contributed by atoms with Crippen LogP contribution in [0.25, 0.3) is 0 Å². The van der Waals surface area contributed by atoms with Crippen LogP contribution < -0.4 is 5.32 Å². The van der Waals surface area contributed by atoms with E-state index in [1.807, 2.05) is 0 Å². The lowest BCUT2D eigenvalue weighted by atomic mass is 10.1. The van der Waals surface area contributed by atoms with Crippen molar-refractivity contribution >= 4 is 0 Å². The van der Waals surface area contributed by atoms with Crippen LogP contribution in [0.3, 0.4) is 0 Å². The van der Waals surface area contributed by atoms with Crippen LogP contribution in [0.2, 0.25) is 0 Å². The quantitative estimate of drug-likeness (QED) is 0.805. The number of hydrogen-bond donors (Lipinski definition) is 2. The molecule has 2 unspecified atom stereocenters. The summed E-state index contributed by atoms with van der Waals surface area (Å²) >= 11 is 0. The summed E-state index contributed by atoms with van der Waals surface area (Å²) in [6.07, 6.45) is 1.03. The number of halogens is 3. The molecule has 21 heavy (non-hydrogen) atoms. The van der Waals surface area contributed by atoms with Gasteiger partial charge in [0.15, 0.2) is 11.6 Å². The normalized spacial score (nSPS) is 14.1. The fourth-order valence-corrected chi connectivity index (χ4v) is 2.00. The molecule has 0 aliphatic rings. The van der Waals surface area contributed by atoms with Crippen molar-refractivity contribution in [2.24, 2.45) is 0 Å². The maximum Gasteiger partial charge on any atom is 0.161 e. The molecule has 0 aliphatic heterocycles. The summed E-state index contributed by atoms with van der Waals surface area (Å²) in [6, 6.07) is 4.51. The number of benzene rings is 1. The van der Waals surface area contributed by atoms with Gasteiger partial charge in [-0.05, 0) is 31.5 Å². The summed E-state index contributed by atoms with van der Waals surface area (Å²) in [7, 11) is 0. The highest BCUT2D eigenvalue weighted by Crippen LogP contribution is 2.19. The Morgan fingerprint density at radius 3 is 2.57 bits per heavy atom. The van der Waals surface area contributed by atoms with Gasteiger partial charge in [-0.3, -0.25) is 0 Å². The molecule has 0 bridgehead atoms. The molecule has 114 valence electrons. The molecule has 0 saturated heterocycles. The van der Waals surface area contributed by atoms with Crippen LogP contribution in [0, 0.1) is 17.5 Å². The Bertz CT molecular complexity index is 587. The first kappa shape index (κ1) is 15.6. The molecular weight excluding hydrogens is 283 g/mol. The first-order valence-electron chi connectivity index (χ1n) is 6.55. The number of furan rings is 1. The predicted molar refractivity (Wildman–Crippen MR) is 70.9 cm³/mol. The zero-order chi connectivity index (χ0) is 15.4. The molecule has 1 aromatic carbocycles. The lowest BCUT2D eigenvalue weighted by Gasteiger charge is -2.17. The van der Waals surface area contributed by atoms with E-state index in [9.17, 15) is 18.3 Å². The van der Waals surface area contributed by atoms with Crippen LogP contribution in [0.4, 0.5) is 13.2 Å². The number of rotatable bonds is 6. The van der Waals surface area contributed by atoms with Crippen LogP contribution in [0.5, 0.6) is 0 Å². The molecule has 3 nitrogen and oxygen atoms in total. The second kappa shape index (κ2) is 6.78. The van der Waals surface area contributed by atoms with E-state index in [0.717, 1.165) is 6.07 Å².